The van der Waals surface area contributed by atoms with Gasteiger partial charge in [-0.1, -0.05) is 29.8 Å². The fourth-order valence-corrected chi connectivity index (χ4v) is 3.00. The molecule has 1 aromatic carbocycles. The van der Waals surface area contributed by atoms with Crippen molar-refractivity contribution < 1.29 is 0 Å². The van der Waals surface area contributed by atoms with E-state index >= 15 is 0 Å². The lowest BCUT2D eigenvalue weighted by atomic mass is 10.0. The summed E-state index contributed by atoms with van der Waals surface area (Å²) >= 11 is 0. The largest absolute Gasteiger partial charge is 0.333 e. The van der Waals surface area contributed by atoms with Gasteiger partial charge >= 0.3 is 0 Å². The fourth-order valence-electron chi connectivity index (χ4n) is 3.00. The van der Waals surface area contributed by atoms with Crippen LogP contribution in [0.5, 0.6) is 0 Å². The number of benzene rings is 1. The van der Waals surface area contributed by atoms with Crippen LogP contribution in [0, 0.1) is 6.92 Å². The van der Waals surface area contributed by atoms with Crippen LogP contribution in [0.2, 0.25) is 0 Å². The SMILES string of the molecule is CNC(CCN1CCn2ccnc2C1)c1ccc(C)cc1. The van der Waals surface area contributed by atoms with Crippen LogP contribution in [0.3, 0.4) is 0 Å². The average Bonchev–Trinajstić information content (AvgIpc) is 2.97. The molecule has 21 heavy (non-hydrogen) atoms. The first kappa shape index (κ1) is 14.3. The number of hydrogen-bond acceptors (Lipinski definition) is 3. The molecule has 2 heterocycles. The highest BCUT2D eigenvalue weighted by atomic mass is 15.2. The quantitative estimate of drug-likeness (QED) is 0.915. The first-order valence-corrected chi connectivity index (χ1v) is 7.72. The molecule has 0 bridgehead atoms. The lowest BCUT2D eigenvalue weighted by Crippen LogP contribution is -2.35. The molecule has 1 unspecified atom stereocenters. The summed E-state index contributed by atoms with van der Waals surface area (Å²) in [7, 11) is 2.05. The van der Waals surface area contributed by atoms with Gasteiger partial charge in [0.2, 0.25) is 0 Å². The zero-order valence-electron chi connectivity index (χ0n) is 12.9. The molecule has 0 radical (unpaired) electrons. The molecule has 0 amide bonds. The minimum atomic E-state index is 0.423. The third-order valence-corrected chi connectivity index (χ3v) is 4.39. The van der Waals surface area contributed by atoms with Crippen molar-refractivity contribution in [3.05, 3.63) is 53.6 Å². The first-order valence-electron chi connectivity index (χ1n) is 7.72. The third-order valence-electron chi connectivity index (χ3n) is 4.39. The first-order chi connectivity index (χ1) is 10.3. The average molecular weight is 284 g/mol. The topological polar surface area (TPSA) is 33.1 Å². The number of imidazole rings is 1. The Kier molecular flexibility index (Phi) is 4.36. The van der Waals surface area contributed by atoms with Gasteiger partial charge in [-0.05, 0) is 26.0 Å². The highest BCUT2D eigenvalue weighted by Crippen LogP contribution is 2.19. The predicted molar refractivity (Wildman–Crippen MR) is 85.1 cm³/mol. The van der Waals surface area contributed by atoms with E-state index in [1.807, 2.05) is 13.2 Å². The Labute approximate surface area is 126 Å². The Morgan fingerprint density at radius 1 is 1.24 bits per heavy atom. The zero-order valence-corrected chi connectivity index (χ0v) is 12.9. The molecule has 1 aromatic heterocycles. The van der Waals surface area contributed by atoms with Gasteiger partial charge in [0.1, 0.15) is 5.82 Å². The molecule has 2 aromatic rings. The minimum Gasteiger partial charge on any atom is -0.333 e. The second-order valence-corrected chi connectivity index (χ2v) is 5.85. The molecule has 112 valence electrons. The van der Waals surface area contributed by atoms with Crippen molar-refractivity contribution in [1.82, 2.24) is 19.8 Å². The molecule has 1 atom stereocenters. The van der Waals surface area contributed by atoms with Gasteiger partial charge in [-0.3, -0.25) is 4.90 Å². The summed E-state index contributed by atoms with van der Waals surface area (Å²) in [5.41, 5.74) is 2.69. The Morgan fingerprint density at radius 2 is 2.05 bits per heavy atom. The van der Waals surface area contributed by atoms with Crippen molar-refractivity contribution in [1.29, 1.82) is 0 Å². The predicted octanol–water partition coefficient (Wildman–Crippen LogP) is 2.36. The van der Waals surface area contributed by atoms with Gasteiger partial charge in [0.15, 0.2) is 0 Å². The summed E-state index contributed by atoms with van der Waals surface area (Å²) in [6, 6.07) is 9.28. The molecule has 0 spiro atoms. The van der Waals surface area contributed by atoms with Crippen molar-refractivity contribution in [3.63, 3.8) is 0 Å². The molecule has 4 nitrogen and oxygen atoms in total. The maximum absolute atomic E-state index is 4.43. The summed E-state index contributed by atoms with van der Waals surface area (Å²) in [6.07, 6.45) is 5.11. The van der Waals surface area contributed by atoms with Crippen LogP contribution in [-0.4, -0.2) is 34.6 Å². The number of rotatable bonds is 5. The zero-order chi connectivity index (χ0) is 14.7. The summed E-state index contributed by atoms with van der Waals surface area (Å²) in [5.74, 6) is 1.19. The maximum atomic E-state index is 4.43. The number of nitrogens with one attached hydrogen (secondary N) is 1. The molecule has 1 N–H and O–H groups in total. The number of hydrogen-bond donors (Lipinski definition) is 1. The fraction of sp³-hybridized carbons (Fsp3) is 0.471. The summed E-state index contributed by atoms with van der Waals surface area (Å²) in [5, 5.41) is 3.44. The van der Waals surface area contributed by atoms with Gasteiger partial charge in [-0.15, -0.1) is 0 Å². The lowest BCUT2D eigenvalue weighted by molar-refractivity contribution is 0.207. The van der Waals surface area contributed by atoms with E-state index in [1.165, 1.54) is 17.0 Å². The Morgan fingerprint density at radius 3 is 2.81 bits per heavy atom. The number of fused-ring (bicyclic) bond motifs is 1. The van der Waals surface area contributed by atoms with Crippen LogP contribution in [0.15, 0.2) is 36.7 Å². The van der Waals surface area contributed by atoms with Crippen LogP contribution in [-0.2, 0) is 13.1 Å². The molecule has 0 saturated carbocycles. The summed E-state index contributed by atoms with van der Waals surface area (Å²) < 4.78 is 2.26. The van der Waals surface area contributed by atoms with Crippen LogP contribution < -0.4 is 5.32 Å². The van der Waals surface area contributed by atoms with E-state index in [0.29, 0.717) is 6.04 Å². The van der Waals surface area contributed by atoms with Crippen molar-refractivity contribution in [3.8, 4) is 0 Å². The summed E-state index contributed by atoms with van der Waals surface area (Å²) in [6.45, 7) is 6.38. The van der Waals surface area contributed by atoms with Crippen LogP contribution in [0.1, 0.15) is 29.4 Å². The molecular formula is C17H24N4. The maximum Gasteiger partial charge on any atom is 0.122 e. The van der Waals surface area contributed by atoms with E-state index in [9.17, 15) is 0 Å². The molecule has 1 aliphatic rings. The van der Waals surface area contributed by atoms with Gasteiger partial charge in [0.05, 0.1) is 6.54 Å². The van der Waals surface area contributed by atoms with Gasteiger partial charge in [-0.2, -0.15) is 0 Å². The molecule has 4 heteroatoms. The van der Waals surface area contributed by atoms with E-state index in [2.05, 4.69) is 57.2 Å². The van der Waals surface area contributed by atoms with Crippen molar-refractivity contribution in [2.24, 2.45) is 0 Å². The Bertz CT molecular complexity index is 573. The highest BCUT2D eigenvalue weighted by molar-refractivity contribution is 5.24. The van der Waals surface area contributed by atoms with Crippen molar-refractivity contribution in [2.45, 2.75) is 32.5 Å². The van der Waals surface area contributed by atoms with Gasteiger partial charge in [0.25, 0.3) is 0 Å². The molecule has 3 rings (SSSR count). The number of nitrogens with zero attached hydrogens (tertiary/aromatic N) is 3. The molecule has 1 aliphatic heterocycles. The Balaban J connectivity index is 1.57. The minimum absolute atomic E-state index is 0.423. The normalized spacial score (nSPS) is 16.7. The van der Waals surface area contributed by atoms with Crippen molar-refractivity contribution >= 4 is 0 Å². The van der Waals surface area contributed by atoms with Crippen LogP contribution >= 0.6 is 0 Å². The molecule has 0 saturated heterocycles. The monoisotopic (exact) mass is 284 g/mol. The molecular weight excluding hydrogens is 260 g/mol. The second kappa shape index (κ2) is 6.41. The van der Waals surface area contributed by atoms with E-state index in [-0.39, 0.29) is 0 Å². The lowest BCUT2D eigenvalue weighted by Gasteiger charge is -2.29. The van der Waals surface area contributed by atoms with E-state index in [1.54, 1.807) is 0 Å². The smallest absolute Gasteiger partial charge is 0.122 e. The summed E-state index contributed by atoms with van der Waals surface area (Å²) in [4.78, 5) is 6.93. The highest BCUT2D eigenvalue weighted by Gasteiger charge is 2.18. The van der Waals surface area contributed by atoms with Gasteiger partial charge in [0, 0.05) is 38.1 Å². The van der Waals surface area contributed by atoms with Gasteiger partial charge in [-0.25, -0.2) is 4.98 Å². The van der Waals surface area contributed by atoms with E-state index in [4.69, 9.17) is 0 Å². The van der Waals surface area contributed by atoms with Crippen LogP contribution in [0.25, 0.3) is 0 Å². The van der Waals surface area contributed by atoms with Crippen LogP contribution in [0.4, 0.5) is 0 Å². The van der Waals surface area contributed by atoms with Crippen molar-refractivity contribution in [2.75, 3.05) is 20.1 Å². The Hall–Kier alpha value is -1.65. The number of aryl methyl sites for hydroxylation is 1. The molecule has 0 fully saturated rings. The van der Waals surface area contributed by atoms with E-state index in [0.717, 1.165) is 32.6 Å². The van der Waals surface area contributed by atoms with E-state index < -0.39 is 0 Å². The second-order valence-electron chi connectivity index (χ2n) is 5.85. The standard InChI is InChI=1S/C17H24N4/c1-14-3-5-15(6-4-14)16(18-2)7-9-20-11-12-21-10-8-19-17(21)13-20/h3-6,8,10,16,18H,7,9,11-13H2,1-2H3. The molecule has 0 aliphatic carbocycles. The third kappa shape index (κ3) is 3.34. The van der Waals surface area contributed by atoms with Gasteiger partial charge < -0.3 is 9.88 Å². The number of aromatic nitrogens is 2.